The smallest absolute Gasteiger partial charge is 0.407 e. The maximum Gasteiger partial charge on any atom is 0.407 e. The fourth-order valence-corrected chi connectivity index (χ4v) is 4.57. The Hall–Kier alpha value is -2.87. The number of carbonyl (C=O) groups is 1. The summed E-state index contributed by atoms with van der Waals surface area (Å²) in [7, 11) is 4.73. The third kappa shape index (κ3) is 5.21. The number of aryl methyl sites for hydroxylation is 1. The van der Waals surface area contributed by atoms with Gasteiger partial charge in [-0.25, -0.2) is 4.79 Å². The van der Waals surface area contributed by atoms with Crippen molar-refractivity contribution in [3.05, 3.63) is 45.6 Å². The van der Waals surface area contributed by atoms with E-state index in [0.717, 1.165) is 35.1 Å². The lowest BCUT2D eigenvalue weighted by Gasteiger charge is -2.20. The van der Waals surface area contributed by atoms with Gasteiger partial charge < -0.3 is 24.3 Å². The van der Waals surface area contributed by atoms with E-state index >= 15 is 0 Å². The zero-order valence-corrected chi connectivity index (χ0v) is 20.6. The number of fused-ring (bicyclic) bond motifs is 3. The SMILES string of the molecule is CCCCOC(=O)N[C@H]1CCc2cc(OC)c(OC)c(OC)c2-c2ccc(SC)c(=O)cc21. The summed E-state index contributed by atoms with van der Waals surface area (Å²) < 4.78 is 22.3. The molecule has 0 saturated carbocycles. The molecule has 0 radical (unpaired) electrons. The first-order valence-electron chi connectivity index (χ1n) is 11.0. The van der Waals surface area contributed by atoms with Gasteiger partial charge >= 0.3 is 6.09 Å². The van der Waals surface area contributed by atoms with Crippen LogP contribution < -0.4 is 25.0 Å². The molecule has 0 heterocycles. The first kappa shape index (κ1) is 24.8. The molecule has 1 amide bonds. The fourth-order valence-electron chi connectivity index (χ4n) is 4.11. The Morgan fingerprint density at radius 1 is 1.12 bits per heavy atom. The summed E-state index contributed by atoms with van der Waals surface area (Å²) in [4.78, 5) is 26.1. The van der Waals surface area contributed by atoms with Crippen LogP contribution in [0.15, 0.2) is 34.0 Å². The summed E-state index contributed by atoms with van der Waals surface area (Å²) in [6.07, 6.45) is 4.33. The molecule has 0 saturated heterocycles. The van der Waals surface area contributed by atoms with Crippen molar-refractivity contribution >= 4 is 17.9 Å². The summed E-state index contributed by atoms with van der Waals surface area (Å²) >= 11 is 1.39. The number of hydrogen-bond acceptors (Lipinski definition) is 7. The predicted octanol–water partition coefficient (Wildman–Crippen LogP) is 4.98. The van der Waals surface area contributed by atoms with Crippen molar-refractivity contribution in [3.8, 4) is 28.4 Å². The number of hydrogen-bond donors (Lipinski definition) is 1. The average Bonchev–Trinajstić information content (AvgIpc) is 3.06. The minimum Gasteiger partial charge on any atom is -0.493 e. The second kappa shape index (κ2) is 11.3. The van der Waals surface area contributed by atoms with Crippen molar-refractivity contribution in [2.24, 2.45) is 0 Å². The zero-order valence-electron chi connectivity index (χ0n) is 19.8. The molecule has 7 nitrogen and oxygen atoms in total. The molecule has 33 heavy (non-hydrogen) atoms. The maximum atomic E-state index is 12.9. The van der Waals surface area contributed by atoms with E-state index in [1.807, 2.05) is 31.4 Å². The summed E-state index contributed by atoms with van der Waals surface area (Å²) in [5, 5.41) is 2.97. The van der Waals surface area contributed by atoms with Crippen LogP contribution in [0.4, 0.5) is 4.79 Å². The molecule has 0 aliphatic heterocycles. The quantitative estimate of drug-likeness (QED) is 0.428. The summed E-state index contributed by atoms with van der Waals surface area (Å²) in [6.45, 7) is 2.39. The van der Waals surface area contributed by atoms with E-state index in [9.17, 15) is 9.59 Å². The Bertz CT molecular complexity index is 1070. The number of benzene rings is 1. The molecular formula is C25H31NO6S. The third-order valence-electron chi connectivity index (χ3n) is 5.74. The zero-order chi connectivity index (χ0) is 24.0. The van der Waals surface area contributed by atoms with Gasteiger partial charge in [-0.2, -0.15) is 0 Å². The molecular weight excluding hydrogens is 442 g/mol. The molecule has 1 aliphatic carbocycles. The van der Waals surface area contributed by atoms with E-state index in [4.69, 9.17) is 18.9 Å². The standard InChI is InChI=1S/C25H31NO6S/c1-6-7-12-32-25(28)26-18-10-8-15-13-20(29-2)23(30-3)24(31-4)22(15)16-9-11-21(33-5)19(27)14-17(16)18/h9,11,13-14,18H,6-8,10,12H2,1-5H3,(H,26,28)/t18-/m0/s1. The number of rotatable bonds is 8. The highest BCUT2D eigenvalue weighted by Gasteiger charge is 2.30. The molecule has 2 aromatic rings. The van der Waals surface area contributed by atoms with Crippen LogP contribution in [0.1, 0.15) is 43.4 Å². The molecule has 0 bridgehead atoms. The van der Waals surface area contributed by atoms with Crippen LogP contribution >= 0.6 is 11.8 Å². The number of carbonyl (C=O) groups excluding carboxylic acids is 1. The van der Waals surface area contributed by atoms with Crippen LogP contribution in [0.3, 0.4) is 0 Å². The van der Waals surface area contributed by atoms with E-state index in [1.165, 1.54) is 11.8 Å². The van der Waals surface area contributed by atoms with Crippen molar-refractivity contribution in [1.29, 1.82) is 0 Å². The number of ether oxygens (including phenoxy) is 4. The average molecular weight is 474 g/mol. The first-order chi connectivity index (χ1) is 16.0. The molecule has 3 rings (SSSR count). The molecule has 1 atom stereocenters. The number of alkyl carbamates (subject to hydrolysis) is 1. The van der Waals surface area contributed by atoms with Gasteiger partial charge in [0, 0.05) is 5.56 Å². The van der Waals surface area contributed by atoms with Gasteiger partial charge in [-0.3, -0.25) is 4.79 Å². The van der Waals surface area contributed by atoms with Crippen LogP contribution in [0.2, 0.25) is 0 Å². The number of amides is 1. The molecule has 8 heteroatoms. The number of unbranched alkanes of at least 4 members (excludes halogenated alkanes) is 1. The third-order valence-corrected chi connectivity index (χ3v) is 6.52. The Labute approximate surface area is 198 Å². The Morgan fingerprint density at radius 2 is 1.88 bits per heavy atom. The van der Waals surface area contributed by atoms with Crippen molar-refractivity contribution in [2.45, 2.75) is 43.5 Å². The molecule has 0 fully saturated rings. The Kier molecular flexibility index (Phi) is 8.49. The predicted molar refractivity (Wildman–Crippen MR) is 130 cm³/mol. The Morgan fingerprint density at radius 3 is 2.52 bits per heavy atom. The largest absolute Gasteiger partial charge is 0.493 e. The lowest BCUT2D eigenvalue weighted by atomic mass is 9.95. The van der Waals surface area contributed by atoms with E-state index in [1.54, 1.807) is 27.4 Å². The monoisotopic (exact) mass is 473 g/mol. The number of methoxy groups -OCH3 is 3. The van der Waals surface area contributed by atoms with E-state index < -0.39 is 12.1 Å². The molecule has 2 aromatic carbocycles. The second-order valence-electron chi connectivity index (χ2n) is 7.68. The van der Waals surface area contributed by atoms with Crippen LogP contribution in [-0.2, 0) is 11.2 Å². The van der Waals surface area contributed by atoms with Crippen molar-refractivity contribution in [1.82, 2.24) is 5.32 Å². The number of thioether (sulfide) groups is 1. The summed E-state index contributed by atoms with van der Waals surface area (Å²) in [5.74, 6) is 1.58. The normalized spacial score (nSPS) is 14.4. The van der Waals surface area contributed by atoms with E-state index in [-0.39, 0.29) is 5.43 Å². The second-order valence-corrected chi connectivity index (χ2v) is 8.53. The fraction of sp³-hybridized carbons (Fsp3) is 0.440. The molecule has 0 spiro atoms. The van der Waals surface area contributed by atoms with Gasteiger partial charge in [0.15, 0.2) is 16.9 Å². The summed E-state index contributed by atoms with van der Waals surface area (Å²) in [6, 6.07) is 6.87. The highest BCUT2D eigenvalue weighted by Crippen LogP contribution is 2.50. The molecule has 1 aliphatic rings. The van der Waals surface area contributed by atoms with Crippen molar-refractivity contribution in [2.75, 3.05) is 34.2 Å². The maximum absolute atomic E-state index is 12.9. The van der Waals surface area contributed by atoms with Gasteiger partial charge in [0.05, 0.1) is 38.9 Å². The topological polar surface area (TPSA) is 83.1 Å². The van der Waals surface area contributed by atoms with Crippen LogP contribution in [0, 0.1) is 0 Å². The van der Waals surface area contributed by atoms with E-state index in [2.05, 4.69) is 5.32 Å². The lowest BCUT2D eigenvalue weighted by molar-refractivity contribution is 0.140. The van der Waals surface area contributed by atoms with Gasteiger partial charge in [0.25, 0.3) is 0 Å². The van der Waals surface area contributed by atoms with Crippen molar-refractivity contribution in [3.63, 3.8) is 0 Å². The van der Waals surface area contributed by atoms with Crippen LogP contribution in [0.25, 0.3) is 11.1 Å². The summed E-state index contributed by atoms with van der Waals surface area (Å²) in [5.41, 5.74) is 3.24. The van der Waals surface area contributed by atoms with Gasteiger partial charge in [-0.1, -0.05) is 19.4 Å². The highest BCUT2D eigenvalue weighted by molar-refractivity contribution is 7.98. The molecule has 0 unspecified atom stereocenters. The van der Waals surface area contributed by atoms with Crippen molar-refractivity contribution < 1.29 is 23.7 Å². The molecule has 178 valence electrons. The van der Waals surface area contributed by atoms with Crippen LogP contribution in [-0.4, -0.2) is 40.3 Å². The minimum absolute atomic E-state index is 0.0993. The van der Waals surface area contributed by atoms with Crippen LogP contribution in [0.5, 0.6) is 17.2 Å². The minimum atomic E-state index is -0.489. The van der Waals surface area contributed by atoms with E-state index in [0.29, 0.717) is 41.6 Å². The van der Waals surface area contributed by atoms with Gasteiger partial charge in [0.2, 0.25) is 5.75 Å². The Balaban J connectivity index is 2.22. The van der Waals surface area contributed by atoms with Gasteiger partial charge in [0.1, 0.15) is 0 Å². The lowest BCUT2D eigenvalue weighted by Crippen LogP contribution is -2.30. The molecule has 0 aromatic heterocycles. The molecule has 1 N–H and O–H groups in total. The number of nitrogens with one attached hydrogen (secondary N) is 1. The highest BCUT2D eigenvalue weighted by atomic mass is 32.2. The van der Waals surface area contributed by atoms with Gasteiger partial charge in [-0.05, 0) is 60.4 Å². The van der Waals surface area contributed by atoms with Gasteiger partial charge in [-0.15, -0.1) is 11.8 Å². The first-order valence-corrected chi connectivity index (χ1v) is 12.2.